The van der Waals surface area contributed by atoms with Gasteiger partial charge in [-0.05, 0) is 0 Å². The summed E-state index contributed by atoms with van der Waals surface area (Å²) in [6.07, 6.45) is 0. The molecule has 0 bridgehead atoms. The molecule has 0 amide bonds. The third kappa shape index (κ3) is 84.2. The standard InChI is InChI=1S/C4H11NO2.C2H7NO.BH3O3/c6-3-1-5-2-4-7;3-1-2-4;2-1(3)4/h5-7H,1-4H2;4H,1-3H2;2-4H. The maximum Gasteiger partial charge on any atom is 0.631 e. The van der Waals surface area contributed by atoms with Crippen molar-refractivity contribution in [2.45, 2.75) is 0 Å². The molecule has 0 aliphatic heterocycles. The fourth-order valence-corrected chi connectivity index (χ4v) is 0.283. The van der Waals surface area contributed by atoms with Gasteiger partial charge in [0, 0.05) is 19.6 Å². The highest BCUT2D eigenvalue weighted by molar-refractivity contribution is 6.30. The molecule has 0 saturated heterocycles. The Morgan fingerprint density at radius 2 is 1.13 bits per heavy atom. The van der Waals surface area contributed by atoms with Gasteiger partial charge in [0.15, 0.2) is 0 Å². The molecule has 0 aliphatic carbocycles. The first-order valence-electron chi connectivity index (χ1n) is 4.34. The van der Waals surface area contributed by atoms with Crippen molar-refractivity contribution in [3.63, 3.8) is 0 Å². The van der Waals surface area contributed by atoms with Crippen LogP contribution in [0.3, 0.4) is 0 Å². The number of rotatable bonds is 5. The van der Waals surface area contributed by atoms with Crippen LogP contribution < -0.4 is 11.1 Å². The van der Waals surface area contributed by atoms with E-state index >= 15 is 0 Å². The smallest absolute Gasteiger partial charge is 0.402 e. The van der Waals surface area contributed by atoms with E-state index < -0.39 is 7.32 Å². The van der Waals surface area contributed by atoms with E-state index in [0.29, 0.717) is 19.6 Å². The Labute approximate surface area is 89.2 Å². The summed E-state index contributed by atoms with van der Waals surface area (Å²) in [6.45, 7) is 1.89. The van der Waals surface area contributed by atoms with Gasteiger partial charge in [-0.25, -0.2) is 0 Å². The molecule has 0 aromatic rings. The monoisotopic (exact) mass is 228 g/mol. The number of nitrogens with two attached hydrogens (primary N) is 1. The van der Waals surface area contributed by atoms with Crippen molar-refractivity contribution in [3.05, 3.63) is 0 Å². The van der Waals surface area contributed by atoms with Crippen molar-refractivity contribution < 1.29 is 30.4 Å². The zero-order valence-electron chi connectivity index (χ0n) is 8.58. The van der Waals surface area contributed by atoms with E-state index in [0.717, 1.165) is 0 Å². The van der Waals surface area contributed by atoms with E-state index in [2.05, 4.69) is 5.32 Å². The van der Waals surface area contributed by atoms with Gasteiger partial charge in [-0.15, -0.1) is 0 Å². The van der Waals surface area contributed by atoms with Crippen LogP contribution in [0.15, 0.2) is 0 Å². The summed E-state index contributed by atoms with van der Waals surface area (Å²) >= 11 is 0. The predicted octanol–water partition coefficient (Wildman–Crippen LogP) is -4.55. The molecule has 94 valence electrons. The summed E-state index contributed by atoms with van der Waals surface area (Å²) in [5, 5.41) is 48.3. The third-order valence-electron chi connectivity index (χ3n) is 0.706. The highest BCUT2D eigenvalue weighted by Gasteiger charge is 1.92. The first kappa shape index (κ1) is 20.2. The van der Waals surface area contributed by atoms with Gasteiger partial charge in [-0.1, -0.05) is 0 Å². The highest BCUT2D eigenvalue weighted by Crippen LogP contribution is 1.54. The largest absolute Gasteiger partial charge is 0.631 e. The fraction of sp³-hybridized carbons (Fsp3) is 1.00. The Morgan fingerprint density at radius 1 is 0.867 bits per heavy atom. The van der Waals surface area contributed by atoms with Gasteiger partial charge in [-0.3, -0.25) is 0 Å². The number of aliphatic hydroxyl groups is 3. The van der Waals surface area contributed by atoms with Gasteiger partial charge in [0.2, 0.25) is 0 Å². The zero-order chi connectivity index (χ0) is 12.5. The van der Waals surface area contributed by atoms with Crippen LogP contribution in [0, 0.1) is 0 Å². The second-order valence-corrected chi connectivity index (χ2v) is 2.06. The summed E-state index contributed by atoms with van der Waals surface area (Å²) < 4.78 is 0. The Bertz CT molecular complexity index is 81.3. The molecule has 8 nitrogen and oxygen atoms in total. The van der Waals surface area contributed by atoms with Crippen LogP contribution >= 0.6 is 0 Å². The Kier molecular flexibility index (Phi) is 31.7. The van der Waals surface area contributed by atoms with Crippen molar-refractivity contribution in [2.24, 2.45) is 5.73 Å². The number of aliphatic hydroxyl groups excluding tert-OH is 3. The Balaban J connectivity index is -0.000000155. The quantitative estimate of drug-likeness (QED) is 0.172. The normalized spacial score (nSPS) is 8.20. The zero-order valence-corrected chi connectivity index (χ0v) is 8.58. The topological polar surface area (TPSA) is 159 Å². The molecule has 9 N–H and O–H groups in total. The minimum Gasteiger partial charge on any atom is -0.402 e. The molecule has 0 radical (unpaired) electrons. The van der Waals surface area contributed by atoms with Crippen molar-refractivity contribution in [2.75, 3.05) is 39.5 Å². The van der Waals surface area contributed by atoms with Crippen LogP contribution in [0.5, 0.6) is 0 Å². The van der Waals surface area contributed by atoms with Crippen molar-refractivity contribution in [1.82, 2.24) is 5.32 Å². The van der Waals surface area contributed by atoms with Crippen LogP contribution in [0.2, 0.25) is 0 Å². The van der Waals surface area contributed by atoms with E-state index in [-0.39, 0.29) is 19.8 Å². The molecule has 0 rings (SSSR count). The van der Waals surface area contributed by atoms with Gasteiger partial charge >= 0.3 is 7.32 Å². The van der Waals surface area contributed by atoms with Crippen LogP contribution in [-0.2, 0) is 0 Å². The van der Waals surface area contributed by atoms with Crippen LogP contribution in [0.1, 0.15) is 0 Å². The molecule has 0 fully saturated rings. The lowest BCUT2D eigenvalue weighted by Crippen LogP contribution is -2.21. The predicted molar refractivity (Wildman–Crippen MR) is 55.6 cm³/mol. The number of hydrogen-bond acceptors (Lipinski definition) is 8. The Hall–Kier alpha value is -0.255. The maximum absolute atomic E-state index is 8.15. The molecule has 0 unspecified atom stereocenters. The van der Waals surface area contributed by atoms with Gasteiger partial charge < -0.3 is 41.4 Å². The average Bonchev–Trinajstić information content (AvgIpc) is 2.18. The highest BCUT2D eigenvalue weighted by atomic mass is 16.5. The van der Waals surface area contributed by atoms with E-state index in [1.54, 1.807) is 0 Å². The Morgan fingerprint density at radius 3 is 1.27 bits per heavy atom. The molecule has 0 heterocycles. The van der Waals surface area contributed by atoms with Crippen molar-refractivity contribution in [1.29, 1.82) is 0 Å². The first-order chi connectivity index (χ1) is 7.06. The molecule has 0 spiro atoms. The van der Waals surface area contributed by atoms with Crippen LogP contribution in [0.25, 0.3) is 0 Å². The summed E-state index contributed by atoms with van der Waals surface area (Å²) in [4.78, 5) is 0. The molecule has 0 aromatic carbocycles. The SMILES string of the molecule is NCCO.OB(O)O.OCCNCCO. The average molecular weight is 228 g/mol. The minimum absolute atomic E-state index is 0.0972. The molecular weight excluding hydrogens is 207 g/mol. The van der Waals surface area contributed by atoms with Gasteiger partial charge in [0.25, 0.3) is 0 Å². The van der Waals surface area contributed by atoms with E-state index in [9.17, 15) is 0 Å². The van der Waals surface area contributed by atoms with Gasteiger partial charge in [0.1, 0.15) is 0 Å². The van der Waals surface area contributed by atoms with Gasteiger partial charge in [-0.2, -0.15) is 0 Å². The van der Waals surface area contributed by atoms with Crippen molar-refractivity contribution in [3.8, 4) is 0 Å². The number of hydrogen-bond donors (Lipinski definition) is 8. The van der Waals surface area contributed by atoms with E-state index in [4.69, 9.17) is 36.1 Å². The summed E-state index contributed by atoms with van der Waals surface area (Å²) in [6, 6.07) is 0. The summed E-state index contributed by atoms with van der Waals surface area (Å²) in [5.74, 6) is 0. The molecule has 15 heavy (non-hydrogen) atoms. The van der Waals surface area contributed by atoms with Crippen LogP contribution in [0.4, 0.5) is 0 Å². The lowest BCUT2D eigenvalue weighted by molar-refractivity contribution is 0.266. The third-order valence-corrected chi connectivity index (χ3v) is 0.706. The molecule has 0 atom stereocenters. The second kappa shape index (κ2) is 23.5. The molecule has 9 heteroatoms. The number of nitrogens with one attached hydrogen (secondary N) is 1. The lowest BCUT2D eigenvalue weighted by atomic mass is 10.3. The first-order valence-corrected chi connectivity index (χ1v) is 4.34. The lowest BCUT2D eigenvalue weighted by Gasteiger charge is -1.94. The maximum atomic E-state index is 8.15. The van der Waals surface area contributed by atoms with Crippen LogP contribution in [-0.4, -0.2) is 77.2 Å². The fourth-order valence-electron chi connectivity index (χ4n) is 0.283. The van der Waals surface area contributed by atoms with E-state index in [1.807, 2.05) is 0 Å². The summed E-state index contributed by atoms with van der Waals surface area (Å²) in [7, 11) is -2.17. The molecule has 0 saturated carbocycles. The molecule has 0 aromatic heterocycles. The second-order valence-electron chi connectivity index (χ2n) is 2.06. The van der Waals surface area contributed by atoms with Crippen molar-refractivity contribution >= 4 is 7.32 Å². The summed E-state index contributed by atoms with van der Waals surface area (Å²) in [5.41, 5.74) is 4.78. The minimum atomic E-state index is -2.17. The molecule has 0 aliphatic rings. The van der Waals surface area contributed by atoms with Gasteiger partial charge in [0.05, 0.1) is 19.8 Å². The molecular formula is C6H21BN2O6. The van der Waals surface area contributed by atoms with E-state index in [1.165, 1.54) is 0 Å².